The normalized spacial score (nSPS) is 25.0. The highest BCUT2D eigenvalue weighted by Gasteiger charge is 2.44. The van der Waals surface area contributed by atoms with E-state index in [1.807, 2.05) is 25.1 Å². The van der Waals surface area contributed by atoms with Crippen LogP contribution in [0.5, 0.6) is 0 Å². The molecule has 0 aromatic carbocycles. The molecule has 23 heavy (non-hydrogen) atoms. The molecule has 1 aromatic rings. The van der Waals surface area contributed by atoms with Crippen molar-refractivity contribution < 1.29 is 17.9 Å². The van der Waals surface area contributed by atoms with E-state index < -0.39 is 10.0 Å². The van der Waals surface area contributed by atoms with Crippen LogP contribution in [-0.4, -0.2) is 55.4 Å². The first-order valence-electron chi connectivity index (χ1n) is 8.00. The summed E-state index contributed by atoms with van der Waals surface area (Å²) in [4.78, 5) is 4.44. The summed E-state index contributed by atoms with van der Waals surface area (Å²) in [6, 6.07) is 5.91. The minimum Gasteiger partial charge on any atom is -0.372 e. The number of rotatable bonds is 4. The lowest BCUT2D eigenvalue weighted by atomic mass is 9.89. The third-order valence-electron chi connectivity index (χ3n) is 4.69. The van der Waals surface area contributed by atoms with E-state index >= 15 is 0 Å². The maximum absolute atomic E-state index is 11.6. The number of aromatic nitrogens is 1. The van der Waals surface area contributed by atoms with Gasteiger partial charge < -0.3 is 9.47 Å². The monoisotopic (exact) mass is 340 g/mol. The molecule has 1 atom stereocenters. The lowest BCUT2D eigenvalue weighted by Gasteiger charge is -2.37. The number of ether oxygens (including phenoxy) is 2. The molecule has 3 heterocycles. The van der Waals surface area contributed by atoms with Gasteiger partial charge in [0.1, 0.15) is 0 Å². The maximum atomic E-state index is 11.6. The molecule has 2 aliphatic rings. The zero-order valence-electron chi connectivity index (χ0n) is 13.7. The summed E-state index contributed by atoms with van der Waals surface area (Å²) in [5, 5.41) is 0. The van der Waals surface area contributed by atoms with Crippen molar-refractivity contribution in [3.63, 3.8) is 0 Å². The van der Waals surface area contributed by atoms with E-state index in [9.17, 15) is 8.42 Å². The van der Waals surface area contributed by atoms with E-state index in [0.717, 1.165) is 30.7 Å². The Bertz CT molecular complexity index is 654. The van der Waals surface area contributed by atoms with Crippen LogP contribution in [0, 0.1) is 6.92 Å². The Hall–Kier alpha value is -1.02. The lowest BCUT2D eigenvalue weighted by Crippen LogP contribution is -2.46. The first-order chi connectivity index (χ1) is 10.9. The number of hydrogen-bond acceptors (Lipinski definition) is 5. The molecule has 0 saturated carbocycles. The Morgan fingerprint density at radius 1 is 1.39 bits per heavy atom. The molecule has 1 spiro atoms. The van der Waals surface area contributed by atoms with Crippen LogP contribution in [0.1, 0.15) is 30.7 Å². The van der Waals surface area contributed by atoms with Gasteiger partial charge in [-0.2, -0.15) is 0 Å². The zero-order valence-corrected chi connectivity index (χ0v) is 14.5. The van der Waals surface area contributed by atoms with Gasteiger partial charge in [-0.1, -0.05) is 6.07 Å². The standard InChI is InChI=1S/C16H24N2O4S/c1-13-4-3-5-14(17-13)11-21-15-10-16(22-12-15)6-8-18(9-7-16)23(2,19)20/h3-5,15H,6-12H2,1-2H3/t15-/m0/s1. The summed E-state index contributed by atoms with van der Waals surface area (Å²) in [6.07, 6.45) is 3.63. The maximum Gasteiger partial charge on any atom is 0.211 e. The minimum absolute atomic E-state index is 0.0575. The van der Waals surface area contributed by atoms with E-state index in [2.05, 4.69) is 4.98 Å². The number of sulfonamides is 1. The van der Waals surface area contributed by atoms with Gasteiger partial charge in [-0.15, -0.1) is 0 Å². The van der Waals surface area contributed by atoms with Crippen molar-refractivity contribution in [2.75, 3.05) is 26.0 Å². The Kier molecular flexibility index (Phi) is 4.73. The van der Waals surface area contributed by atoms with Crippen molar-refractivity contribution in [1.29, 1.82) is 0 Å². The molecule has 2 fully saturated rings. The van der Waals surface area contributed by atoms with Crippen molar-refractivity contribution in [3.8, 4) is 0 Å². The molecule has 7 heteroatoms. The number of piperidine rings is 1. The van der Waals surface area contributed by atoms with Crippen LogP contribution in [-0.2, 0) is 26.1 Å². The molecular weight excluding hydrogens is 316 g/mol. The van der Waals surface area contributed by atoms with Gasteiger partial charge in [0.05, 0.1) is 36.9 Å². The highest BCUT2D eigenvalue weighted by atomic mass is 32.2. The number of aryl methyl sites for hydroxylation is 1. The van der Waals surface area contributed by atoms with Crippen LogP contribution in [0.15, 0.2) is 18.2 Å². The van der Waals surface area contributed by atoms with Gasteiger partial charge >= 0.3 is 0 Å². The highest BCUT2D eigenvalue weighted by molar-refractivity contribution is 7.88. The highest BCUT2D eigenvalue weighted by Crippen LogP contribution is 2.37. The number of nitrogens with zero attached hydrogens (tertiary/aromatic N) is 2. The molecule has 0 amide bonds. The minimum atomic E-state index is -3.10. The molecule has 6 nitrogen and oxygen atoms in total. The Morgan fingerprint density at radius 2 is 2.13 bits per heavy atom. The second kappa shape index (κ2) is 6.47. The van der Waals surface area contributed by atoms with Crippen molar-refractivity contribution in [2.24, 2.45) is 0 Å². The van der Waals surface area contributed by atoms with E-state index in [1.54, 1.807) is 0 Å². The fourth-order valence-electron chi connectivity index (χ4n) is 3.37. The fourth-order valence-corrected chi connectivity index (χ4v) is 4.21. The van der Waals surface area contributed by atoms with Gasteiger partial charge in [-0.25, -0.2) is 12.7 Å². The van der Waals surface area contributed by atoms with Crippen LogP contribution < -0.4 is 0 Å². The summed E-state index contributed by atoms with van der Waals surface area (Å²) in [5.74, 6) is 0. The molecule has 0 N–H and O–H groups in total. The Balaban J connectivity index is 1.51. The SMILES string of the molecule is Cc1cccc(CO[C@@H]2COC3(CCN(S(C)(=O)=O)CC3)C2)n1. The summed E-state index contributed by atoms with van der Waals surface area (Å²) < 4.78 is 36.7. The van der Waals surface area contributed by atoms with Crippen LogP contribution >= 0.6 is 0 Å². The predicted molar refractivity (Wildman–Crippen MR) is 86.5 cm³/mol. The fraction of sp³-hybridized carbons (Fsp3) is 0.688. The summed E-state index contributed by atoms with van der Waals surface area (Å²) in [6.45, 7) is 4.09. The Morgan fingerprint density at radius 3 is 2.78 bits per heavy atom. The molecule has 3 rings (SSSR count). The topological polar surface area (TPSA) is 68.7 Å². The summed E-state index contributed by atoms with van der Waals surface area (Å²) in [5.41, 5.74) is 1.70. The van der Waals surface area contributed by atoms with Gasteiger partial charge in [0.25, 0.3) is 0 Å². The van der Waals surface area contributed by atoms with Crippen LogP contribution in [0.25, 0.3) is 0 Å². The molecule has 1 aromatic heterocycles. The van der Waals surface area contributed by atoms with E-state index in [0.29, 0.717) is 26.3 Å². The smallest absolute Gasteiger partial charge is 0.211 e. The van der Waals surface area contributed by atoms with E-state index in [4.69, 9.17) is 9.47 Å². The largest absolute Gasteiger partial charge is 0.372 e. The molecule has 0 radical (unpaired) electrons. The third-order valence-corrected chi connectivity index (χ3v) is 5.99. The van der Waals surface area contributed by atoms with Crippen LogP contribution in [0.4, 0.5) is 0 Å². The lowest BCUT2D eigenvalue weighted by molar-refractivity contribution is -0.0343. The second-order valence-corrected chi connectivity index (χ2v) is 8.55. The zero-order chi connectivity index (χ0) is 16.5. The summed E-state index contributed by atoms with van der Waals surface area (Å²) in [7, 11) is -3.10. The molecule has 128 valence electrons. The molecule has 2 aliphatic heterocycles. The molecule has 0 unspecified atom stereocenters. The number of pyridine rings is 1. The van der Waals surface area contributed by atoms with E-state index in [1.165, 1.54) is 10.6 Å². The van der Waals surface area contributed by atoms with Gasteiger partial charge in [0.2, 0.25) is 10.0 Å². The molecule has 0 aliphatic carbocycles. The molecule has 2 saturated heterocycles. The summed E-state index contributed by atoms with van der Waals surface area (Å²) >= 11 is 0. The molecular formula is C16H24N2O4S. The van der Waals surface area contributed by atoms with Crippen molar-refractivity contribution in [1.82, 2.24) is 9.29 Å². The van der Waals surface area contributed by atoms with Gasteiger partial charge in [-0.3, -0.25) is 4.98 Å². The van der Waals surface area contributed by atoms with Gasteiger partial charge in [0, 0.05) is 25.2 Å². The quantitative estimate of drug-likeness (QED) is 0.831. The Labute approximate surface area is 137 Å². The van der Waals surface area contributed by atoms with Crippen LogP contribution in [0.2, 0.25) is 0 Å². The van der Waals surface area contributed by atoms with Crippen molar-refractivity contribution >= 4 is 10.0 Å². The molecule has 0 bridgehead atoms. The number of hydrogen-bond donors (Lipinski definition) is 0. The first kappa shape index (κ1) is 16.8. The van der Waals surface area contributed by atoms with E-state index in [-0.39, 0.29) is 11.7 Å². The van der Waals surface area contributed by atoms with Gasteiger partial charge in [0.15, 0.2) is 0 Å². The van der Waals surface area contributed by atoms with Gasteiger partial charge in [-0.05, 0) is 31.9 Å². The van der Waals surface area contributed by atoms with Crippen LogP contribution in [0.3, 0.4) is 0 Å². The first-order valence-corrected chi connectivity index (χ1v) is 9.84. The second-order valence-electron chi connectivity index (χ2n) is 6.56. The average molecular weight is 340 g/mol. The predicted octanol–water partition coefficient (Wildman–Crippen LogP) is 1.49. The third kappa shape index (κ3) is 4.09. The van der Waals surface area contributed by atoms with Crippen molar-refractivity contribution in [2.45, 2.75) is 44.5 Å². The average Bonchev–Trinajstić information content (AvgIpc) is 2.88. The van der Waals surface area contributed by atoms with Crippen molar-refractivity contribution in [3.05, 3.63) is 29.6 Å².